The number of hydrogen-bond acceptors (Lipinski definition) is 3. The summed E-state index contributed by atoms with van der Waals surface area (Å²) >= 11 is 0. The van der Waals surface area contributed by atoms with Crippen LogP contribution in [0.4, 0.5) is 0 Å². The second-order valence-corrected chi connectivity index (χ2v) is 4.27. The number of carboxylic acid groups (broad SMARTS) is 1. The predicted molar refractivity (Wildman–Crippen MR) is 58.0 cm³/mol. The molecule has 0 radical (unpaired) electrons. The fraction of sp³-hybridized carbons (Fsp3) is 0.818. The standard InChI is InChI=1S/C11H19NO4/c1-8(11(14)15)10(13)12(2)7-9-5-3-4-6-16-9/h8-9H,3-7H2,1-2H3,(H,14,15). The molecule has 1 heterocycles. The van der Waals surface area contributed by atoms with Crippen molar-refractivity contribution in [1.82, 2.24) is 4.90 Å². The molecular weight excluding hydrogens is 210 g/mol. The van der Waals surface area contributed by atoms with Crippen LogP contribution in [-0.2, 0) is 14.3 Å². The van der Waals surface area contributed by atoms with Crippen LogP contribution in [0.5, 0.6) is 0 Å². The Balaban J connectivity index is 2.41. The Morgan fingerprint density at radius 1 is 1.50 bits per heavy atom. The molecule has 92 valence electrons. The van der Waals surface area contributed by atoms with Crippen LogP contribution in [0.25, 0.3) is 0 Å². The van der Waals surface area contributed by atoms with Crippen molar-refractivity contribution >= 4 is 11.9 Å². The maximum atomic E-state index is 11.6. The molecule has 0 aromatic heterocycles. The van der Waals surface area contributed by atoms with E-state index in [1.807, 2.05) is 0 Å². The first-order valence-electron chi connectivity index (χ1n) is 5.61. The normalized spacial score (nSPS) is 22.5. The number of amides is 1. The van der Waals surface area contributed by atoms with E-state index in [0.717, 1.165) is 25.9 Å². The molecule has 1 amide bonds. The van der Waals surface area contributed by atoms with Crippen molar-refractivity contribution in [1.29, 1.82) is 0 Å². The van der Waals surface area contributed by atoms with Crippen LogP contribution < -0.4 is 0 Å². The van der Waals surface area contributed by atoms with Crippen LogP contribution in [-0.4, -0.2) is 48.2 Å². The Kier molecular flexibility index (Phi) is 4.73. The van der Waals surface area contributed by atoms with Crippen molar-refractivity contribution in [3.63, 3.8) is 0 Å². The average Bonchev–Trinajstić information content (AvgIpc) is 2.28. The number of ether oxygens (including phenoxy) is 1. The molecule has 2 atom stereocenters. The Morgan fingerprint density at radius 3 is 2.69 bits per heavy atom. The summed E-state index contributed by atoms with van der Waals surface area (Å²) < 4.78 is 5.50. The maximum absolute atomic E-state index is 11.6. The van der Waals surface area contributed by atoms with E-state index in [1.54, 1.807) is 7.05 Å². The van der Waals surface area contributed by atoms with Crippen LogP contribution in [0.1, 0.15) is 26.2 Å². The zero-order valence-electron chi connectivity index (χ0n) is 9.81. The molecule has 0 aromatic carbocycles. The van der Waals surface area contributed by atoms with Crippen LogP contribution >= 0.6 is 0 Å². The van der Waals surface area contributed by atoms with Crippen LogP contribution in [0.3, 0.4) is 0 Å². The minimum atomic E-state index is -1.08. The molecule has 5 nitrogen and oxygen atoms in total. The molecule has 2 unspecified atom stereocenters. The SMILES string of the molecule is CC(C(=O)O)C(=O)N(C)CC1CCCCO1. The van der Waals surface area contributed by atoms with Gasteiger partial charge in [0.15, 0.2) is 0 Å². The van der Waals surface area contributed by atoms with Crippen LogP contribution in [0.15, 0.2) is 0 Å². The summed E-state index contributed by atoms with van der Waals surface area (Å²) in [5.41, 5.74) is 0. The van der Waals surface area contributed by atoms with Gasteiger partial charge in [0, 0.05) is 20.2 Å². The lowest BCUT2D eigenvalue weighted by molar-refractivity contribution is -0.150. The van der Waals surface area contributed by atoms with Gasteiger partial charge in [-0.3, -0.25) is 9.59 Å². The van der Waals surface area contributed by atoms with E-state index in [-0.39, 0.29) is 12.0 Å². The van der Waals surface area contributed by atoms with Crippen molar-refractivity contribution < 1.29 is 19.4 Å². The summed E-state index contributed by atoms with van der Waals surface area (Å²) in [6, 6.07) is 0. The molecule has 5 heteroatoms. The highest BCUT2D eigenvalue weighted by atomic mass is 16.5. The topological polar surface area (TPSA) is 66.8 Å². The van der Waals surface area contributed by atoms with Gasteiger partial charge in [-0.05, 0) is 26.2 Å². The molecule has 1 fully saturated rings. The number of carbonyl (C=O) groups excluding carboxylic acids is 1. The summed E-state index contributed by atoms with van der Waals surface area (Å²) in [4.78, 5) is 23.8. The second kappa shape index (κ2) is 5.84. The molecule has 0 aromatic rings. The Morgan fingerprint density at radius 2 is 2.19 bits per heavy atom. The predicted octanol–water partition coefficient (Wildman–Crippen LogP) is 0.735. The molecule has 0 bridgehead atoms. The lowest BCUT2D eigenvalue weighted by atomic mass is 10.1. The van der Waals surface area contributed by atoms with Crippen molar-refractivity contribution in [2.45, 2.75) is 32.3 Å². The van der Waals surface area contributed by atoms with Gasteiger partial charge in [0.2, 0.25) is 5.91 Å². The van der Waals surface area contributed by atoms with Crippen LogP contribution in [0.2, 0.25) is 0 Å². The van der Waals surface area contributed by atoms with Gasteiger partial charge in [-0.15, -0.1) is 0 Å². The molecule has 0 aliphatic carbocycles. The minimum Gasteiger partial charge on any atom is -0.481 e. The first-order chi connectivity index (χ1) is 7.52. The zero-order chi connectivity index (χ0) is 12.1. The van der Waals surface area contributed by atoms with E-state index in [2.05, 4.69) is 0 Å². The fourth-order valence-corrected chi connectivity index (χ4v) is 1.78. The van der Waals surface area contributed by atoms with E-state index in [9.17, 15) is 9.59 Å². The van der Waals surface area contributed by atoms with E-state index in [0.29, 0.717) is 6.54 Å². The summed E-state index contributed by atoms with van der Waals surface area (Å²) in [6.45, 7) is 2.63. The van der Waals surface area contributed by atoms with Gasteiger partial charge in [-0.2, -0.15) is 0 Å². The zero-order valence-corrected chi connectivity index (χ0v) is 9.81. The van der Waals surface area contributed by atoms with E-state index >= 15 is 0 Å². The molecule has 1 aliphatic rings. The number of rotatable bonds is 4. The van der Waals surface area contributed by atoms with E-state index in [4.69, 9.17) is 9.84 Å². The van der Waals surface area contributed by atoms with Gasteiger partial charge in [-0.1, -0.05) is 0 Å². The average molecular weight is 229 g/mol. The lowest BCUT2D eigenvalue weighted by Gasteiger charge is -2.28. The monoisotopic (exact) mass is 229 g/mol. The van der Waals surface area contributed by atoms with Crippen LogP contribution in [0, 0.1) is 5.92 Å². The summed E-state index contributed by atoms with van der Waals surface area (Å²) in [5.74, 6) is -2.42. The number of hydrogen-bond donors (Lipinski definition) is 1. The summed E-state index contributed by atoms with van der Waals surface area (Å²) in [5, 5.41) is 8.73. The fourth-order valence-electron chi connectivity index (χ4n) is 1.78. The Labute approximate surface area is 95.4 Å². The smallest absolute Gasteiger partial charge is 0.315 e. The lowest BCUT2D eigenvalue weighted by Crippen LogP contribution is -2.41. The number of carboxylic acids is 1. The van der Waals surface area contributed by atoms with Gasteiger partial charge in [0.25, 0.3) is 0 Å². The Bertz CT molecular complexity index is 261. The first-order valence-corrected chi connectivity index (χ1v) is 5.61. The van der Waals surface area contributed by atoms with Crippen molar-refractivity contribution in [3.8, 4) is 0 Å². The molecule has 0 saturated carbocycles. The third-order valence-electron chi connectivity index (χ3n) is 2.87. The largest absolute Gasteiger partial charge is 0.481 e. The van der Waals surface area contributed by atoms with E-state index in [1.165, 1.54) is 11.8 Å². The second-order valence-electron chi connectivity index (χ2n) is 4.27. The molecule has 0 spiro atoms. The van der Waals surface area contributed by atoms with Crippen molar-refractivity contribution in [3.05, 3.63) is 0 Å². The third kappa shape index (κ3) is 3.48. The highest BCUT2D eigenvalue weighted by Crippen LogP contribution is 2.14. The summed E-state index contributed by atoms with van der Waals surface area (Å²) in [7, 11) is 1.62. The molecule has 1 rings (SSSR count). The number of carbonyl (C=O) groups is 2. The molecular formula is C11H19NO4. The molecule has 16 heavy (non-hydrogen) atoms. The third-order valence-corrected chi connectivity index (χ3v) is 2.87. The van der Waals surface area contributed by atoms with Crippen molar-refractivity contribution in [2.24, 2.45) is 5.92 Å². The molecule has 1 aliphatic heterocycles. The summed E-state index contributed by atoms with van der Waals surface area (Å²) in [6.07, 6.45) is 3.18. The van der Waals surface area contributed by atoms with Crippen molar-refractivity contribution in [2.75, 3.05) is 20.2 Å². The highest BCUT2D eigenvalue weighted by Gasteiger charge is 2.26. The number of nitrogens with zero attached hydrogens (tertiary/aromatic N) is 1. The van der Waals surface area contributed by atoms with Gasteiger partial charge in [0.05, 0.1) is 6.10 Å². The quantitative estimate of drug-likeness (QED) is 0.722. The first kappa shape index (κ1) is 13.0. The van der Waals surface area contributed by atoms with E-state index < -0.39 is 11.9 Å². The minimum absolute atomic E-state index is 0.0590. The molecule has 1 saturated heterocycles. The molecule has 1 N–H and O–H groups in total. The maximum Gasteiger partial charge on any atom is 0.315 e. The number of aliphatic carboxylic acids is 1. The van der Waals surface area contributed by atoms with Gasteiger partial charge < -0.3 is 14.7 Å². The number of likely N-dealkylation sites (N-methyl/N-ethyl adjacent to an activating group) is 1. The van der Waals surface area contributed by atoms with Gasteiger partial charge in [-0.25, -0.2) is 0 Å². The highest BCUT2D eigenvalue weighted by molar-refractivity contribution is 5.96. The Hall–Kier alpha value is -1.10. The van der Waals surface area contributed by atoms with Gasteiger partial charge >= 0.3 is 5.97 Å². The van der Waals surface area contributed by atoms with Gasteiger partial charge in [0.1, 0.15) is 5.92 Å².